The molecule has 27 heavy (non-hydrogen) atoms. The molecule has 2 saturated heterocycles. The minimum Gasteiger partial charge on any atom is -0.379 e. The zero-order valence-corrected chi connectivity index (χ0v) is 17.6. The minimum absolute atomic E-state index is 0.300. The number of ether oxygens (including phenoxy) is 1. The molecule has 1 aromatic heterocycles. The molecule has 2 N–H and O–H groups in total. The zero-order chi connectivity index (χ0) is 19.1. The molecule has 0 saturated carbocycles. The fourth-order valence-electron chi connectivity index (χ4n) is 3.32. The van der Waals surface area contributed by atoms with E-state index >= 15 is 0 Å². The van der Waals surface area contributed by atoms with E-state index in [1.54, 1.807) is 0 Å². The molecule has 2 fully saturated rings. The lowest BCUT2D eigenvalue weighted by Crippen LogP contribution is -2.47. The van der Waals surface area contributed by atoms with Crippen molar-refractivity contribution in [3.05, 3.63) is 11.6 Å². The molecule has 0 amide bonds. The highest BCUT2D eigenvalue weighted by Gasteiger charge is 2.29. The molecule has 8 nitrogen and oxygen atoms in total. The molecule has 3 rings (SSSR count). The predicted molar refractivity (Wildman–Crippen MR) is 110 cm³/mol. The smallest absolute Gasteiger partial charge is 0.191 e. The van der Waals surface area contributed by atoms with Crippen LogP contribution >= 0.6 is 11.8 Å². The van der Waals surface area contributed by atoms with Gasteiger partial charge in [0.2, 0.25) is 0 Å². The fraction of sp³-hybridized carbons (Fsp3) is 0.833. The van der Waals surface area contributed by atoms with Crippen molar-refractivity contribution in [3.8, 4) is 0 Å². The van der Waals surface area contributed by atoms with Crippen LogP contribution in [0.4, 0.5) is 0 Å². The van der Waals surface area contributed by atoms with Crippen molar-refractivity contribution in [2.45, 2.75) is 38.0 Å². The summed E-state index contributed by atoms with van der Waals surface area (Å²) in [5.41, 5.74) is 0. The monoisotopic (exact) mass is 395 g/mol. The van der Waals surface area contributed by atoms with E-state index in [2.05, 4.69) is 44.4 Å². The molecular weight excluding hydrogens is 362 g/mol. The van der Waals surface area contributed by atoms with E-state index < -0.39 is 0 Å². The lowest BCUT2D eigenvalue weighted by atomic mass is 10.1. The Bertz CT molecular complexity index is 621. The second kappa shape index (κ2) is 9.75. The molecule has 2 aliphatic rings. The van der Waals surface area contributed by atoms with Gasteiger partial charge in [-0.3, -0.25) is 4.90 Å². The van der Waals surface area contributed by atoms with Gasteiger partial charge in [-0.2, -0.15) is 11.8 Å². The summed E-state index contributed by atoms with van der Waals surface area (Å²) in [6.07, 6.45) is 2.56. The molecule has 2 aliphatic heterocycles. The average Bonchev–Trinajstić information content (AvgIpc) is 3.25. The highest BCUT2D eigenvalue weighted by atomic mass is 32.2. The van der Waals surface area contributed by atoms with Crippen LogP contribution in [0.15, 0.2) is 4.99 Å². The van der Waals surface area contributed by atoms with E-state index in [1.807, 2.05) is 18.5 Å². The molecule has 0 aliphatic carbocycles. The number of aromatic nitrogens is 3. The van der Waals surface area contributed by atoms with Crippen LogP contribution in [0.1, 0.15) is 31.4 Å². The Balaban J connectivity index is 1.54. The Morgan fingerprint density at radius 3 is 2.78 bits per heavy atom. The first kappa shape index (κ1) is 20.4. The molecular formula is C18H33N7OS. The third-order valence-electron chi connectivity index (χ3n) is 5.32. The lowest BCUT2D eigenvalue weighted by Gasteiger charge is -2.27. The number of rotatable bonds is 7. The van der Waals surface area contributed by atoms with Crippen molar-refractivity contribution in [1.29, 1.82) is 0 Å². The first-order valence-electron chi connectivity index (χ1n) is 9.87. The van der Waals surface area contributed by atoms with Gasteiger partial charge in [0, 0.05) is 44.5 Å². The number of thioether (sulfide) groups is 1. The Labute approximate surface area is 166 Å². The summed E-state index contributed by atoms with van der Waals surface area (Å²) < 4.78 is 7.71. The SMILES string of the molecule is Cc1nnc(CN=C(NCCN2CCOCC2)NCC2(C)CCCS2)n1C. The Kier molecular flexibility index (Phi) is 7.37. The van der Waals surface area contributed by atoms with Crippen molar-refractivity contribution < 1.29 is 4.74 Å². The first-order chi connectivity index (χ1) is 13.1. The summed E-state index contributed by atoms with van der Waals surface area (Å²) in [6, 6.07) is 0. The van der Waals surface area contributed by atoms with Crippen molar-refractivity contribution in [3.63, 3.8) is 0 Å². The summed E-state index contributed by atoms with van der Waals surface area (Å²) in [4.78, 5) is 7.19. The number of nitrogens with one attached hydrogen (secondary N) is 2. The zero-order valence-electron chi connectivity index (χ0n) is 16.8. The number of hydrogen-bond donors (Lipinski definition) is 2. The highest BCUT2D eigenvalue weighted by Crippen LogP contribution is 2.36. The lowest BCUT2D eigenvalue weighted by molar-refractivity contribution is 0.0389. The number of nitrogens with zero attached hydrogens (tertiary/aromatic N) is 5. The molecule has 0 radical (unpaired) electrons. The molecule has 0 spiro atoms. The van der Waals surface area contributed by atoms with Gasteiger partial charge in [-0.15, -0.1) is 10.2 Å². The largest absolute Gasteiger partial charge is 0.379 e. The normalized spacial score (nSPS) is 24.3. The summed E-state index contributed by atoms with van der Waals surface area (Å²) in [5, 5.41) is 15.4. The maximum atomic E-state index is 5.42. The quantitative estimate of drug-likeness (QED) is 0.522. The molecule has 0 bridgehead atoms. The molecule has 1 atom stereocenters. The third kappa shape index (κ3) is 6.08. The maximum Gasteiger partial charge on any atom is 0.191 e. The van der Waals surface area contributed by atoms with Crippen molar-refractivity contribution in [2.24, 2.45) is 12.0 Å². The van der Waals surface area contributed by atoms with Crippen molar-refractivity contribution in [2.75, 3.05) is 51.7 Å². The Hall–Kier alpha value is -1.32. The van der Waals surface area contributed by atoms with Crippen LogP contribution in [0.25, 0.3) is 0 Å². The second-order valence-electron chi connectivity index (χ2n) is 7.52. The highest BCUT2D eigenvalue weighted by molar-refractivity contribution is 8.00. The second-order valence-corrected chi connectivity index (χ2v) is 9.21. The summed E-state index contributed by atoms with van der Waals surface area (Å²) in [6.45, 7) is 11.3. The van der Waals surface area contributed by atoms with Gasteiger partial charge in [-0.25, -0.2) is 4.99 Å². The average molecular weight is 396 g/mol. The fourth-order valence-corrected chi connectivity index (χ4v) is 4.56. The van der Waals surface area contributed by atoms with Gasteiger partial charge >= 0.3 is 0 Å². The molecule has 1 unspecified atom stereocenters. The number of hydrogen-bond acceptors (Lipinski definition) is 6. The van der Waals surface area contributed by atoms with Gasteiger partial charge in [-0.1, -0.05) is 0 Å². The van der Waals surface area contributed by atoms with Gasteiger partial charge in [-0.05, 0) is 32.4 Å². The molecule has 1 aromatic rings. The van der Waals surface area contributed by atoms with E-state index in [-0.39, 0.29) is 0 Å². The standard InChI is InChI=1S/C18H33N7OS/c1-15-22-23-16(24(15)3)13-20-17(21-14-18(2)5-4-12-27-18)19-6-7-25-8-10-26-11-9-25/h4-14H2,1-3H3,(H2,19,20,21). The van der Waals surface area contributed by atoms with Crippen LogP contribution in [-0.2, 0) is 18.3 Å². The molecule has 0 aromatic carbocycles. The topological polar surface area (TPSA) is 79.6 Å². The van der Waals surface area contributed by atoms with Gasteiger partial charge < -0.3 is 19.9 Å². The Morgan fingerprint density at radius 2 is 2.11 bits per heavy atom. The van der Waals surface area contributed by atoms with Crippen LogP contribution < -0.4 is 10.6 Å². The van der Waals surface area contributed by atoms with Crippen LogP contribution in [0.3, 0.4) is 0 Å². The molecule has 152 valence electrons. The number of aliphatic imine (C=N–C) groups is 1. The summed E-state index contributed by atoms with van der Waals surface area (Å²) in [7, 11) is 1.98. The van der Waals surface area contributed by atoms with Crippen LogP contribution in [-0.4, -0.2) is 82.1 Å². The van der Waals surface area contributed by atoms with Crippen LogP contribution in [0.2, 0.25) is 0 Å². The van der Waals surface area contributed by atoms with Gasteiger partial charge in [0.25, 0.3) is 0 Å². The van der Waals surface area contributed by atoms with E-state index in [1.165, 1.54) is 18.6 Å². The number of guanidine groups is 1. The van der Waals surface area contributed by atoms with Crippen LogP contribution in [0, 0.1) is 6.92 Å². The number of aryl methyl sites for hydroxylation is 1. The van der Waals surface area contributed by atoms with Crippen molar-refractivity contribution >= 4 is 17.7 Å². The molecule has 9 heteroatoms. The third-order valence-corrected chi connectivity index (χ3v) is 6.85. The van der Waals surface area contributed by atoms with E-state index in [0.717, 1.165) is 63.5 Å². The predicted octanol–water partition coefficient (Wildman–Crippen LogP) is 0.777. The van der Waals surface area contributed by atoms with Gasteiger partial charge in [0.05, 0.1) is 13.2 Å². The van der Waals surface area contributed by atoms with Crippen molar-refractivity contribution in [1.82, 2.24) is 30.3 Å². The maximum absolute atomic E-state index is 5.42. The van der Waals surface area contributed by atoms with Crippen LogP contribution in [0.5, 0.6) is 0 Å². The number of morpholine rings is 1. The van der Waals surface area contributed by atoms with Gasteiger partial charge in [0.15, 0.2) is 11.8 Å². The summed E-state index contributed by atoms with van der Waals surface area (Å²) in [5.74, 6) is 3.90. The van der Waals surface area contributed by atoms with Gasteiger partial charge in [0.1, 0.15) is 12.4 Å². The minimum atomic E-state index is 0.300. The van der Waals surface area contributed by atoms with E-state index in [9.17, 15) is 0 Å². The first-order valence-corrected chi connectivity index (χ1v) is 10.9. The summed E-state index contributed by atoms with van der Waals surface area (Å²) >= 11 is 2.06. The Morgan fingerprint density at radius 1 is 1.30 bits per heavy atom. The van der Waals surface area contributed by atoms with E-state index in [4.69, 9.17) is 9.73 Å². The molecule has 3 heterocycles. The van der Waals surface area contributed by atoms with E-state index in [0.29, 0.717) is 11.3 Å².